The van der Waals surface area contributed by atoms with Crippen LogP contribution < -0.4 is 0 Å². The van der Waals surface area contributed by atoms with Gasteiger partial charge in [-0.25, -0.2) is 9.97 Å². The first-order valence-electron chi connectivity index (χ1n) is 11.5. The van der Waals surface area contributed by atoms with Crippen molar-refractivity contribution in [2.75, 3.05) is 0 Å². The van der Waals surface area contributed by atoms with Crippen LogP contribution in [-0.4, -0.2) is 18.9 Å². The van der Waals surface area contributed by atoms with E-state index >= 15 is 0 Å². The summed E-state index contributed by atoms with van der Waals surface area (Å²) in [6.07, 6.45) is 1.82. The van der Waals surface area contributed by atoms with Crippen molar-refractivity contribution in [1.82, 2.24) is 18.9 Å². The molecule has 4 heteroatoms. The van der Waals surface area contributed by atoms with E-state index in [9.17, 15) is 0 Å². The lowest BCUT2D eigenvalue weighted by Crippen LogP contribution is -1.97. The summed E-state index contributed by atoms with van der Waals surface area (Å²) in [6, 6.07) is 36.5. The number of para-hydroxylation sites is 3. The summed E-state index contributed by atoms with van der Waals surface area (Å²) in [4.78, 5) is 9.68. The fourth-order valence-corrected chi connectivity index (χ4v) is 5.58. The minimum Gasteiger partial charge on any atom is -0.308 e. The third-order valence-electron chi connectivity index (χ3n) is 6.94. The summed E-state index contributed by atoms with van der Waals surface area (Å²) < 4.78 is 4.65. The standard InChI is InChI=1S/C30H18N4/c1-2-9-19(10-3-1)33-24-13-6-5-12-21(24)23-17-16-22-20-11-4-7-14-25(20)34-26-15-8-18-31-29(26)32-30(34)27(22)28(23)33/h1-18H. The van der Waals surface area contributed by atoms with E-state index in [1.54, 1.807) is 0 Å². The maximum absolute atomic E-state index is 5.09. The van der Waals surface area contributed by atoms with Crippen molar-refractivity contribution in [3.8, 4) is 5.69 Å². The Bertz CT molecular complexity index is 2060. The minimum atomic E-state index is 0.763. The molecule has 0 radical (unpaired) electrons. The second-order valence-electron chi connectivity index (χ2n) is 8.71. The maximum atomic E-state index is 5.09. The van der Waals surface area contributed by atoms with Crippen LogP contribution in [0.1, 0.15) is 0 Å². The molecule has 34 heavy (non-hydrogen) atoms. The number of benzene rings is 4. The number of aromatic nitrogens is 4. The summed E-state index contributed by atoms with van der Waals surface area (Å²) in [5.41, 5.74) is 7.37. The van der Waals surface area contributed by atoms with Gasteiger partial charge >= 0.3 is 0 Å². The Balaban J connectivity index is 1.76. The number of hydrogen-bond donors (Lipinski definition) is 0. The third kappa shape index (κ3) is 2.17. The van der Waals surface area contributed by atoms with Gasteiger partial charge in [-0.1, -0.05) is 66.7 Å². The lowest BCUT2D eigenvalue weighted by atomic mass is 10.0. The van der Waals surface area contributed by atoms with Gasteiger partial charge in [-0.15, -0.1) is 0 Å². The Labute approximate surface area is 194 Å². The summed E-state index contributed by atoms with van der Waals surface area (Å²) in [7, 11) is 0. The van der Waals surface area contributed by atoms with E-state index in [2.05, 4.69) is 111 Å². The van der Waals surface area contributed by atoms with Crippen molar-refractivity contribution in [3.05, 3.63) is 109 Å². The lowest BCUT2D eigenvalue weighted by molar-refractivity contribution is 1.18. The van der Waals surface area contributed by atoms with Crippen LogP contribution in [0, 0.1) is 0 Å². The Hall–Kier alpha value is -4.70. The molecule has 4 aromatic carbocycles. The van der Waals surface area contributed by atoms with E-state index < -0.39 is 0 Å². The Kier molecular flexibility index (Phi) is 3.36. The number of fused-ring (bicyclic) bond motifs is 12. The van der Waals surface area contributed by atoms with Gasteiger partial charge in [0, 0.05) is 28.0 Å². The molecule has 0 aliphatic heterocycles. The van der Waals surface area contributed by atoms with Crippen molar-refractivity contribution in [2.24, 2.45) is 0 Å². The van der Waals surface area contributed by atoms with E-state index in [1.165, 1.54) is 32.6 Å². The van der Waals surface area contributed by atoms with Crippen molar-refractivity contribution < 1.29 is 0 Å². The zero-order valence-electron chi connectivity index (χ0n) is 18.2. The fraction of sp³-hybridized carbons (Fsp3) is 0. The predicted molar refractivity (Wildman–Crippen MR) is 140 cm³/mol. The van der Waals surface area contributed by atoms with Gasteiger partial charge in [-0.05, 0) is 41.8 Å². The fourth-order valence-electron chi connectivity index (χ4n) is 5.58. The predicted octanol–water partition coefficient (Wildman–Crippen LogP) is 7.29. The van der Waals surface area contributed by atoms with Crippen LogP contribution in [0.5, 0.6) is 0 Å². The van der Waals surface area contributed by atoms with E-state index in [0.717, 1.165) is 33.4 Å². The molecular formula is C30H18N4. The zero-order chi connectivity index (χ0) is 22.2. The number of nitrogens with zero attached hydrogens (tertiary/aromatic N) is 4. The Morgan fingerprint density at radius 1 is 0.529 bits per heavy atom. The molecule has 0 N–H and O–H groups in total. The molecular weight excluding hydrogens is 416 g/mol. The first-order chi connectivity index (χ1) is 16.9. The lowest BCUT2D eigenvalue weighted by Gasteiger charge is -2.13. The average Bonchev–Trinajstić information content (AvgIpc) is 3.45. The third-order valence-corrected chi connectivity index (χ3v) is 6.94. The van der Waals surface area contributed by atoms with Gasteiger partial charge in [-0.2, -0.15) is 0 Å². The number of imidazole rings is 1. The molecule has 0 spiro atoms. The summed E-state index contributed by atoms with van der Waals surface area (Å²) in [5.74, 6) is 0. The molecule has 0 aliphatic rings. The van der Waals surface area contributed by atoms with E-state index in [4.69, 9.17) is 4.98 Å². The SMILES string of the molecule is c1ccc(-n2c3ccccc3c3ccc4c5ccccc5n5c6cccnc6nc5c4c32)cc1. The number of hydrogen-bond acceptors (Lipinski definition) is 2. The maximum Gasteiger partial charge on any atom is 0.178 e. The molecule has 158 valence electrons. The molecule has 0 fully saturated rings. The number of pyridine rings is 2. The monoisotopic (exact) mass is 434 g/mol. The van der Waals surface area contributed by atoms with Gasteiger partial charge in [0.15, 0.2) is 5.65 Å². The van der Waals surface area contributed by atoms with Crippen LogP contribution >= 0.6 is 0 Å². The minimum absolute atomic E-state index is 0.763. The van der Waals surface area contributed by atoms with Crippen molar-refractivity contribution >= 4 is 60.3 Å². The molecule has 4 aromatic heterocycles. The van der Waals surface area contributed by atoms with E-state index in [1.807, 2.05) is 12.3 Å². The highest BCUT2D eigenvalue weighted by molar-refractivity contribution is 6.27. The molecule has 0 saturated heterocycles. The Morgan fingerprint density at radius 2 is 1.21 bits per heavy atom. The van der Waals surface area contributed by atoms with E-state index in [-0.39, 0.29) is 0 Å². The molecule has 8 rings (SSSR count). The molecule has 0 saturated carbocycles. The average molecular weight is 435 g/mol. The van der Waals surface area contributed by atoms with Gasteiger partial charge in [-0.3, -0.25) is 4.40 Å². The molecule has 4 heterocycles. The summed E-state index contributed by atoms with van der Waals surface area (Å²) >= 11 is 0. The topological polar surface area (TPSA) is 35.1 Å². The molecule has 0 bridgehead atoms. The van der Waals surface area contributed by atoms with Gasteiger partial charge < -0.3 is 4.57 Å². The van der Waals surface area contributed by atoms with Gasteiger partial charge in [0.1, 0.15) is 5.65 Å². The molecule has 4 nitrogen and oxygen atoms in total. The highest BCUT2D eigenvalue weighted by atomic mass is 15.1. The molecule has 0 amide bonds. The van der Waals surface area contributed by atoms with Gasteiger partial charge in [0.2, 0.25) is 0 Å². The second kappa shape index (κ2) is 6.42. The molecule has 0 unspecified atom stereocenters. The smallest absolute Gasteiger partial charge is 0.178 e. The first-order valence-corrected chi connectivity index (χ1v) is 11.5. The molecule has 0 aliphatic carbocycles. The second-order valence-corrected chi connectivity index (χ2v) is 8.71. The quantitative estimate of drug-likeness (QED) is 0.254. The van der Waals surface area contributed by atoms with Crippen molar-refractivity contribution in [3.63, 3.8) is 0 Å². The molecule has 8 aromatic rings. The Morgan fingerprint density at radius 3 is 2.06 bits per heavy atom. The van der Waals surface area contributed by atoms with Crippen LogP contribution in [0.25, 0.3) is 66.0 Å². The van der Waals surface area contributed by atoms with Crippen molar-refractivity contribution in [1.29, 1.82) is 0 Å². The summed E-state index contributed by atoms with van der Waals surface area (Å²) in [5, 5.41) is 6.02. The zero-order valence-corrected chi connectivity index (χ0v) is 18.2. The van der Waals surface area contributed by atoms with Crippen LogP contribution in [0.15, 0.2) is 109 Å². The highest BCUT2D eigenvalue weighted by Gasteiger charge is 2.20. The highest BCUT2D eigenvalue weighted by Crippen LogP contribution is 2.41. The van der Waals surface area contributed by atoms with Crippen LogP contribution in [0.3, 0.4) is 0 Å². The molecule has 0 atom stereocenters. The number of rotatable bonds is 1. The van der Waals surface area contributed by atoms with E-state index in [0.29, 0.717) is 0 Å². The largest absolute Gasteiger partial charge is 0.308 e. The summed E-state index contributed by atoms with van der Waals surface area (Å²) in [6.45, 7) is 0. The first kappa shape index (κ1) is 17.8. The van der Waals surface area contributed by atoms with Crippen LogP contribution in [0.4, 0.5) is 0 Å². The van der Waals surface area contributed by atoms with Crippen molar-refractivity contribution in [2.45, 2.75) is 0 Å². The van der Waals surface area contributed by atoms with Crippen LogP contribution in [-0.2, 0) is 0 Å². The van der Waals surface area contributed by atoms with Gasteiger partial charge in [0.05, 0.1) is 27.5 Å². The normalized spacial score (nSPS) is 12.1. The van der Waals surface area contributed by atoms with Gasteiger partial charge in [0.25, 0.3) is 0 Å². The van der Waals surface area contributed by atoms with Crippen LogP contribution in [0.2, 0.25) is 0 Å².